The number of benzene rings is 2. The Bertz CT molecular complexity index is 829. The molecule has 0 saturated heterocycles. The summed E-state index contributed by atoms with van der Waals surface area (Å²) in [6, 6.07) is 15.2. The highest BCUT2D eigenvalue weighted by Crippen LogP contribution is 2.11. The van der Waals surface area contributed by atoms with E-state index in [1.807, 2.05) is 13.0 Å². The lowest BCUT2D eigenvalue weighted by molar-refractivity contribution is -0.136. The number of aryl methyl sites for hydroxylation is 1. The minimum absolute atomic E-state index is 0.0995. The van der Waals surface area contributed by atoms with E-state index < -0.39 is 16.0 Å². The first kappa shape index (κ1) is 17.7. The van der Waals surface area contributed by atoms with Crippen molar-refractivity contribution in [1.29, 1.82) is 0 Å². The maximum absolute atomic E-state index is 12.3. The number of sulfonamides is 1. The summed E-state index contributed by atoms with van der Waals surface area (Å²) < 4.78 is 24.6. The van der Waals surface area contributed by atoms with Gasteiger partial charge in [0.2, 0.25) is 0 Å². The minimum Gasteiger partial charge on any atom is -0.481 e. The maximum atomic E-state index is 12.3. The van der Waals surface area contributed by atoms with Crippen molar-refractivity contribution >= 4 is 21.7 Å². The summed E-state index contributed by atoms with van der Waals surface area (Å²) >= 11 is 0. The van der Waals surface area contributed by atoms with Crippen molar-refractivity contribution in [3.63, 3.8) is 0 Å². The Balaban J connectivity index is 2.25. The SMILES string of the molecule is Cc1ccc(S(=O)(=O)NN=C(CCC(=O)O)c2ccccc2)cc1. The van der Waals surface area contributed by atoms with Crippen molar-refractivity contribution in [2.45, 2.75) is 24.7 Å². The van der Waals surface area contributed by atoms with Crippen molar-refractivity contribution in [3.8, 4) is 0 Å². The van der Waals surface area contributed by atoms with Crippen molar-refractivity contribution in [3.05, 3.63) is 65.7 Å². The molecule has 0 amide bonds. The Labute approximate surface area is 140 Å². The predicted octanol–water partition coefficient (Wildman–Crippen LogP) is 2.54. The topological polar surface area (TPSA) is 95.8 Å². The molecule has 2 N–H and O–H groups in total. The summed E-state index contributed by atoms with van der Waals surface area (Å²) in [5, 5.41) is 12.8. The van der Waals surface area contributed by atoms with Gasteiger partial charge in [0.25, 0.3) is 10.0 Å². The number of carboxylic acid groups (broad SMARTS) is 1. The zero-order chi connectivity index (χ0) is 17.6. The first-order chi connectivity index (χ1) is 11.4. The van der Waals surface area contributed by atoms with Crippen LogP contribution < -0.4 is 4.83 Å². The van der Waals surface area contributed by atoms with Crippen LogP contribution in [-0.2, 0) is 14.8 Å². The molecule has 0 unspecified atom stereocenters. The van der Waals surface area contributed by atoms with Gasteiger partial charge in [-0.2, -0.15) is 18.4 Å². The van der Waals surface area contributed by atoms with Crippen molar-refractivity contribution in [2.24, 2.45) is 5.10 Å². The van der Waals surface area contributed by atoms with Crippen LogP contribution in [0.2, 0.25) is 0 Å². The van der Waals surface area contributed by atoms with E-state index in [2.05, 4.69) is 9.93 Å². The van der Waals surface area contributed by atoms with Gasteiger partial charge in [-0.25, -0.2) is 0 Å². The summed E-state index contributed by atoms with van der Waals surface area (Å²) in [6.07, 6.45) is -0.0181. The van der Waals surface area contributed by atoms with Crippen LogP contribution in [0.3, 0.4) is 0 Å². The fourth-order valence-electron chi connectivity index (χ4n) is 2.01. The molecule has 0 atom stereocenters. The Morgan fingerprint density at radius 3 is 2.25 bits per heavy atom. The molecule has 7 heteroatoms. The van der Waals surface area contributed by atoms with E-state index in [1.165, 1.54) is 12.1 Å². The molecular weight excluding hydrogens is 328 g/mol. The first-order valence-corrected chi connectivity index (χ1v) is 8.79. The van der Waals surface area contributed by atoms with Crippen LogP contribution in [0.15, 0.2) is 64.6 Å². The van der Waals surface area contributed by atoms with Crippen LogP contribution in [0.25, 0.3) is 0 Å². The van der Waals surface area contributed by atoms with Gasteiger partial charge in [0, 0.05) is 6.42 Å². The number of nitrogens with one attached hydrogen (secondary N) is 1. The highest BCUT2D eigenvalue weighted by atomic mass is 32.2. The van der Waals surface area contributed by atoms with Gasteiger partial charge in [0.15, 0.2) is 0 Å². The molecule has 2 rings (SSSR count). The third kappa shape index (κ3) is 4.92. The third-order valence-electron chi connectivity index (χ3n) is 3.31. The number of rotatable bonds is 7. The molecule has 0 spiro atoms. The smallest absolute Gasteiger partial charge is 0.303 e. The van der Waals surface area contributed by atoms with E-state index in [4.69, 9.17) is 5.11 Å². The quantitative estimate of drug-likeness (QED) is 0.595. The van der Waals surface area contributed by atoms with Crippen LogP contribution in [0.4, 0.5) is 0 Å². The van der Waals surface area contributed by atoms with Gasteiger partial charge in [0.05, 0.1) is 17.0 Å². The number of aliphatic carboxylic acids is 1. The average Bonchev–Trinajstić information content (AvgIpc) is 2.56. The van der Waals surface area contributed by atoms with Gasteiger partial charge in [-0.05, 0) is 24.6 Å². The van der Waals surface area contributed by atoms with Crippen LogP contribution in [0.5, 0.6) is 0 Å². The largest absolute Gasteiger partial charge is 0.481 e. The van der Waals surface area contributed by atoms with E-state index >= 15 is 0 Å². The lowest BCUT2D eigenvalue weighted by Crippen LogP contribution is -2.21. The van der Waals surface area contributed by atoms with Crippen molar-refractivity contribution < 1.29 is 18.3 Å². The second kappa shape index (κ2) is 7.74. The van der Waals surface area contributed by atoms with Gasteiger partial charge >= 0.3 is 5.97 Å². The molecule has 126 valence electrons. The second-order valence-corrected chi connectivity index (χ2v) is 6.89. The number of hydrogen-bond donors (Lipinski definition) is 2. The van der Waals surface area contributed by atoms with Crippen molar-refractivity contribution in [1.82, 2.24) is 4.83 Å². The molecular formula is C17H18N2O4S. The number of carboxylic acids is 1. The predicted molar refractivity (Wildman–Crippen MR) is 91.3 cm³/mol. The molecule has 0 aliphatic carbocycles. The monoisotopic (exact) mass is 346 g/mol. The Kier molecular flexibility index (Phi) is 5.70. The Morgan fingerprint density at radius 2 is 1.67 bits per heavy atom. The number of hydrazone groups is 1. The van der Waals surface area contributed by atoms with Crippen molar-refractivity contribution in [2.75, 3.05) is 0 Å². The molecule has 0 bridgehead atoms. The molecule has 0 heterocycles. The van der Waals surface area contributed by atoms with E-state index in [-0.39, 0.29) is 17.7 Å². The third-order valence-corrected chi connectivity index (χ3v) is 4.54. The van der Waals surface area contributed by atoms with E-state index in [0.717, 1.165) is 5.56 Å². The Hall–Kier alpha value is -2.67. The Morgan fingerprint density at radius 1 is 1.04 bits per heavy atom. The fourth-order valence-corrected chi connectivity index (χ4v) is 2.84. The van der Waals surface area contributed by atoms with Crippen LogP contribution in [-0.4, -0.2) is 25.2 Å². The van der Waals surface area contributed by atoms with Gasteiger partial charge in [-0.15, -0.1) is 0 Å². The number of carbonyl (C=O) groups is 1. The highest BCUT2D eigenvalue weighted by Gasteiger charge is 2.14. The zero-order valence-corrected chi connectivity index (χ0v) is 14.0. The van der Waals surface area contributed by atoms with E-state index in [1.54, 1.807) is 36.4 Å². The van der Waals surface area contributed by atoms with Gasteiger partial charge in [-0.1, -0.05) is 48.0 Å². The lowest BCUT2D eigenvalue weighted by Gasteiger charge is -2.08. The zero-order valence-electron chi connectivity index (χ0n) is 13.1. The molecule has 2 aromatic rings. The molecule has 0 aliphatic rings. The molecule has 24 heavy (non-hydrogen) atoms. The second-order valence-electron chi connectivity index (χ2n) is 5.23. The molecule has 0 aromatic heterocycles. The number of nitrogens with zero attached hydrogens (tertiary/aromatic N) is 1. The number of hydrogen-bond acceptors (Lipinski definition) is 4. The first-order valence-electron chi connectivity index (χ1n) is 7.31. The van der Waals surface area contributed by atoms with Gasteiger partial charge in [-0.3, -0.25) is 4.79 Å². The van der Waals surface area contributed by atoms with Crippen LogP contribution >= 0.6 is 0 Å². The molecule has 0 fully saturated rings. The summed E-state index contributed by atoms with van der Waals surface area (Å²) in [6.45, 7) is 1.86. The highest BCUT2D eigenvalue weighted by molar-refractivity contribution is 7.89. The van der Waals surface area contributed by atoms with E-state index in [0.29, 0.717) is 11.3 Å². The molecule has 0 saturated carbocycles. The van der Waals surface area contributed by atoms with Gasteiger partial charge < -0.3 is 5.11 Å². The summed E-state index contributed by atoms with van der Waals surface area (Å²) in [5.41, 5.74) is 1.99. The average molecular weight is 346 g/mol. The normalized spacial score (nSPS) is 12.0. The summed E-state index contributed by atoms with van der Waals surface area (Å²) in [4.78, 5) is 13.1. The molecule has 0 radical (unpaired) electrons. The summed E-state index contributed by atoms with van der Waals surface area (Å²) in [7, 11) is -3.80. The maximum Gasteiger partial charge on any atom is 0.303 e. The summed E-state index contributed by atoms with van der Waals surface area (Å²) in [5.74, 6) is -0.972. The van der Waals surface area contributed by atoms with Crippen LogP contribution in [0, 0.1) is 6.92 Å². The molecule has 2 aromatic carbocycles. The standard InChI is InChI=1S/C17H18N2O4S/c1-13-7-9-15(10-8-13)24(22,23)19-18-16(11-12-17(20)21)14-5-3-2-4-6-14/h2-10,19H,11-12H2,1H3,(H,20,21). The van der Waals surface area contributed by atoms with E-state index in [9.17, 15) is 13.2 Å². The lowest BCUT2D eigenvalue weighted by atomic mass is 10.1. The molecule has 6 nitrogen and oxygen atoms in total. The van der Waals surface area contributed by atoms with Crippen LogP contribution in [0.1, 0.15) is 24.0 Å². The minimum atomic E-state index is -3.80. The fraction of sp³-hybridized carbons (Fsp3) is 0.176. The molecule has 0 aliphatic heterocycles. The van der Waals surface area contributed by atoms with Gasteiger partial charge in [0.1, 0.15) is 0 Å².